The average molecular weight is 576 g/mol. The lowest BCUT2D eigenvalue weighted by Gasteiger charge is -2.41. The second-order valence-electron chi connectivity index (χ2n) is 9.78. The molecule has 1 aliphatic heterocycles. The molecule has 1 saturated heterocycles. The third-order valence-corrected chi connectivity index (χ3v) is 8.13. The van der Waals surface area contributed by atoms with E-state index in [-0.39, 0.29) is 36.7 Å². The number of benzene rings is 1. The Bertz CT molecular complexity index is 1280. The van der Waals surface area contributed by atoms with Gasteiger partial charge in [0, 0.05) is 36.2 Å². The van der Waals surface area contributed by atoms with Crippen molar-refractivity contribution < 1.29 is 33.4 Å². The summed E-state index contributed by atoms with van der Waals surface area (Å²) in [7, 11) is -10.4. The normalized spacial score (nSPS) is 20.8. The van der Waals surface area contributed by atoms with Gasteiger partial charge in [0.25, 0.3) is 5.91 Å². The zero-order chi connectivity index (χ0) is 28.5. The lowest BCUT2D eigenvalue weighted by molar-refractivity contribution is -0.128. The van der Waals surface area contributed by atoms with E-state index in [1.165, 1.54) is 24.5 Å². The number of carbonyl (C=O) groups is 2. The Labute approximate surface area is 221 Å². The summed E-state index contributed by atoms with van der Waals surface area (Å²) in [5.41, 5.74) is -0.376. The first-order valence-corrected chi connectivity index (χ1v) is 14.4. The molecule has 0 radical (unpaired) electrons. The van der Waals surface area contributed by atoms with Crippen molar-refractivity contribution in [3.8, 4) is 6.19 Å². The van der Waals surface area contributed by atoms with Crippen LogP contribution in [0.5, 0.6) is 0 Å². The molecular weight excluding hydrogens is 548 g/mol. The van der Waals surface area contributed by atoms with Gasteiger partial charge < -0.3 is 5.32 Å². The van der Waals surface area contributed by atoms with E-state index in [1.807, 2.05) is 6.19 Å². The number of amides is 2. The van der Waals surface area contributed by atoms with Gasteiger partial charge in [0.15, 0.2) is 6.19 Å². The predicted octanol–water partition coefficient (Wildman–Crippen LogP) is 6.35. The molecule has 1 aromatic carbocycles. The van der Waals surface area contributed by atoms with E-state index in [0.717, 1.165) is 29.1 Å². The number of pyridine rings is 1. The fourth-order valence-corrected chi connectivity index (χ4v) is 5.89. The summed E-state index contributed by atoms with van der Waals surface area (Å²) in [6.07, 6.45) is 9.29. The van der Waals surface area contributed by atoms with Gasteiger partial charge in [0.05, 0.1) is 0 Å². The largest absolute Gasteiger partial charge is 0.351 e. The van der Waals surface area contributed by atoms with Crippen molar-refractivity contribution in [2.45, 2.75) is 68.0 Å². The van der Waals surface area contributed by atoms with Crippen LogP contribution in [0.1, 0.15) is 56.6 Å². The van der Waals surface area contributed by atoms with E-state index in [0.29, 0.717) is 25.3 Å². The number of halogens is 6. The van der Waals surface area contributed by atoms with Crippen molar-refractivity contribution in [1.82, 2.24) is 15.2 Å². The molecule has 14 heteroatoms. The van der Waals surface area contributed by atoms with E-state index in [2.05, 4.69) is 10.3 Å². The number of hydrogen-bond acceptors (Lipinski definition) is 5. The summed E-state index contributed by atoms with van der Waals surface area (Å²) in [6.45, 7) is 0.226. The van der Waals surface area contributed by atoms with Crippen molar-refractivity contribution in [3.05, 3.63) is 54.1 Å². The number of hydrogen-bond donors (Lipinski definition) is 1. The standard InChI is InChI=1S/C25H27F6N5O2S/c26-20-14-19(10-11-22(20)39(27,28,29,30)31)36(25(38)21-9-5-13-35(21)16-32)23(17-6-4-12-33-15-17)24(37)34-18-7-2-1-3-8-18/h4,6,10-12,14-15,18,21,23H,1-3,5,7-9,13H2,(H,34,37). The Kier molecular flexibility index (Phi) is 7.26. The van der Waals surface area contributed by atoms with Gasteiger partial charge in [-0.2, -0.15) is 5.26 Å². The van der Waals surface area contributed by atoms with Crippen LogP contribution in [0.3, 0.4) is 0 Å². The van der Waals surface area contributed by atoms with Crippen molar-refractivity contribution >= 4 is 27.7 Å². The molecule has 1 saturated carbocycles. The molecule has 0 bridgehead atoms. The van der Waals surface area contributed by atoms with E-state index in [4.69, 9.17) is 0 Å². The van der Waals surface area contributed by atoms with Gasteiger partial charge >= 0.3 is 10.2 Å². The minimum absolute atomic E-state index is 0.122. The van der Waals surface area contributed by atoms with Crippen LogP contribution in [0.25, 0.3) is 0 Å². The van der Waals surface area contributed by atoms with Crippen molar-refractivity contribution in [2.75, 3.05) is 11.4 Å². The van der Waals surface area contributed by atoms with Crippen molar-refractivity contribution in [2.24, 2.45) is 0 Å². The maximum Gasteiger partial charge on any atom is 0.313 e. The molecule has 2 unspecified atom stereocenters. The van der Waals surface area contributed by atoms with E-state index in [9.17, 15) is 38.7 Å². The summed E-state index contributed by atoms with van der Waals surface area (Å²) >= 11 is 0. The molecule has 212 valence electrons. The van der Waals surface area contributed by atoms with E-state index >= 15 is 0 Å². The van der Waals surface area contributed by atoms with Gasteiger partial charge in [-0.1, -0.05) is 44.8 Å². The zero-order valence-electron chi connectivity index (χ0n) is 20.7. The molecule has 39 heavy (non-hydrogen) atoms. The van der Waals surface area contributed by atoms with Crippen LogP contribution in [0, 0.1) is 17.3 Å². The third kappa shape index (κ3) is 6.41. The van der Waals surface area contributed by atoms with E-state index < -0.39 is 50.5 Å². The van der Waals surface area contributed by atoms with Gasteiger partial charge in [0.2, 0.25) is 5.91 Å². The quantitative estimate of drug-likeness (QED) is 0.307. The minimum Gasteiger partial charge on any atom is -0.351 e. The molecule has 0 spiro atoms. The van der Waals surface area contributed by atoms with E-state index in [1.54, 1.807) is 0 Å². The Balaban J connectivity index is 1.85. The smallest absolute Gasteiger partial charge is 0.313 e. The zero-order valence-corrected chi connectivity index (χ0v) is 21.5. The maximum atomic E-state index is 14.7. The molecule has 2 atom stereocenters. The first kappa shape index (κ1) is 28.5. The van der Waals surface area contributed by atoms with Gasteiger partial charge in [-0.25, -0.2) is 4.39 Å². The van der Waals surface area contributed by atoms with Crippen LogP contribution >= 0.6 is 10.2 Å². The molecule has 2 fully saturated rings. The summed E-state index contributed by atoms with van der Waals surface area (Å²) in [6, 6.07) is 0.696. The van der Waals surface area contributed by atoms with Gasteiger partial charge in [0.1, 0.15) is 22.8 Å². The number of aromatic nitrogens is 1. The molecule has 1 N–H and O–H groups in total. The predicted molar refractivity (Wildman–Crippen MR) is 133 cm³/mol. The molecular formula is C25H27F6N5O2S. The Morgan fingerprint density at radius 1 is 1.08 bits per heavy atom. The number of nitrogens with one attached hydrogen (secondary N) is 1. The summed E-state index contributed by atoms with van der Waals surface area (Å²) in [5, 5.41) is 12.4. The Hall–Kier alpha value is -3.47. The summed E-state index contributed by atoms with van der Waals surface area (Å²) in [5.74, 6) is -3.84. The number of likely N-dealkylation sites (tertiary alicyclic amines) is 1. The highest BCUT2D eigenvalue weighted by molar-refractivity contribution is 8.45. The van der Waals surface area contributed by atoms with Crippen LogP contribution < -0.4 is 10.2 Å². The van der Waals surface area contributed by atoms with Crippen molar-refractivity contribution in [1.29, 1.82) is 5.26 Å². The first-order valence-electron chi connectivity index (χ1n) is 12.4. The topological polar surface area (TPSA) is 89.3 Å². The van der Waals surface area contributed by atoms with Crippen LogP contribution in [-0.2, 0) is 9.59 Å². The summed E-state index contributed by atoms with van der Waals surface area (Å²) in [4.78, 5) is 30.8. The van der Waals surface area contributed by atoms with Gasteiger partial charge in [-0.3, -0.25) is 24.4 Å². The molecule has 2 heterocycles. The Morgan fingerprint density at radius 3 is 2.38 bits per heavy atom. The second kappa shape index (κ2) is 9.93. The summed E-state index contributed by atoms with van der Waals surface area (Å²) < 4.78 is 81.8. The molecule has 2 amide bonds. The maximum absolute atomic E-state index is 14.7. The third-order valence-electron chi connectivity index (χ3n) is 6.97. The van der Waals surface area contributed by atoms with Crippen LogP contribution in [0.4, 0.5) is 29.5 Å². The number of nitrogens with zero attached hydrogens (tertiary/aromatic N) is 4. The first-order chi connectivity index (χ1) is 18.2. The second-order valence-corrected chi connectivity index (χ2v) is 12.2. The fourth-order valence-electron chi connectivity index (χ4n) is 5.14. The van der Waals surface area contributed by atoms with Crippen LogP contribution in [0.15, 0.2) is 47.6 Å². The number of anilines is 1. The minimum atomic E-state index is -10.4. The highest BCUT2D eigenvalue weighted by atomic mass is 32.5. The molecule has 1 aromatic heterocycles. The number of nitriles is 1. The van der Waals surface area contributed by atoms with Gasteiger partial charge in [-0.15, -0.1) is 0 Å². The lowest BCUT2D eigenvalue weighted by Crippen LogP contribution is -2.51. The van der Waals surface area contributed by atoms with Crippen LogP contribution in [-0.4, -0.2) is 40.3 Å². The van der Waals surface area contributed by atoms with Crippen molar-refractivity contribution in [3.63, 3.8) is 0 Å². The van der Waals surface area contributed by atoms with Gasteiger partial charge in [-0.05, 0) is 49.9 Å². The molecule has 2 aromatic rings. The average Bonchev–Trinajstić information content (AvgIpc) is 3.35. The molecule has 4 rings (SSSR count). The SMILES string of the molecule is N#CN1CCCC1C(=O)N(c1ccc(S(F)(F)(F)(F)F)c(F)c1)C(C(=O)NC1CCCCC1)c1cccnc1. The monoisotopic (exact) mass is 575 g/mol. The van der Waals surface area contributed by atoms with Crippen LogP contribution in [0.2, 0.25) is 0 Å². The Morgan fingerprint density at radius 2 is 1.79 bits per heavy atom. The highest BCUT2D eigenvalue weighted by Crippen LogP contribution is 3.02. The molecule has 2 aliphatic rings. The highest BCUT2D eigenvalue weighted by Gasteiger charge is 2.67. The number of rotatable bonds is 7. The number of carbonyl (C=O) groups excluding carboxylic acids is 2. The molecule has 1 aliphatic carbocycles. The fraction of sp³-hybridized carbons (Fsp3) is 0.440. The lowest BCUT2D eigenvalue weighted by atomic mass is 9.94. The molecule has 7 nitrogen and oxygen atoms in total.